The molecule has 25 heavy (non-hydrogen) atoms. The van der Waals surface area contributed by atoms with Crippen molar-refractivity contribution in [2.24, 2.45) is 0 Å². The third-order valence-electron chi connectivity index (χ3n) is 3.96. The van der Waals surface area contributed by atoms with Crippen molar-refractivity contribution in [3.8, 4) is 17.2 Å². The second-order valence-corrected chi connectivity index (χ2v) is 5.72. The summed E-state index contributed by atoms with van der Waals surface area (Å²) in [4.78, 5) is 12.1. The highest BCUT2D eigenvalue weighted by Crippen LogP contribution is 2.27. The number of hydrogen-bond donors (Lipinski definition) is 1. The number of carbonyl (C=O) groups is 1. The first-order valence-corrected chi connectivity index (χ1v) is 8.29. The van der Waals surface area contributed by atoms with Crippen LogP contribution < -0.4 is 19.5 Å². The molecular formula is C20H25NO4. The van der Waals surface area contributed by atoms with Crippen molar-refractivity contribution < 1.29 is 19.0 Å². The molecule has 2 rings (SSSR count). The molecule has 5 heteroatoms. The van der Waals surface area contributed by atoms with Crippen LogP contribution in [0.15, 0.2) is 42.5 Å². The molecule has 2 aromatic carbocycles. The van der Waals surface area contributed by atoms with Crippen LogP contribution >= 0.6 is 0 Å². The average Bonchev–Trinajstić information content (AvgIpc) is 2.66. The molecule has 1 N–H and O–H groups in total. The second-order valence-electron chi connectivity index (χ2n) is 5.72. The third-order valence-corrected chi connectivity index (χ3v) is 3.96. The third kappa shape index (κ3) is 5.41. The molecule has 0 saturated heterocycles. The molecule has 0 saturated carbocycles. The van der Waals surface area contributed by atoms with Crippen molar-refractivity contribution in [1.82, 2.24) is 5.32 Å². The molecule has 0 fully saturated rings. The lowest BCUT2D eigenvalue weighted by molar-refractivity contribution is -0.123. The van der Waals surface area contributed by atoms with E-state index in [2.05, 4.69) is 24.4 Å². The van der Waals surface area contributed by atoms with Crippen molar-refractivity contribution in [2.45, 2.75) is 26.3 Å². The van der Waals surface area contributed by atoms with Gasteiger partial charge in [-0.25, -0.2) is 0 Å². The number of aryl methyl sites for hydroxylation is 1. The average molecular weight is 343 g/mol. The minimum Gasteiger partial charge on any atom is -0.496 e. The SMILES string of the molecule is CCc1ccc([C@H](C)NC(=O)COc2cc(OC)cc(OC)c2)cc1. The highest BCUT2D eigenvalue weighted by atomic mass is 16.5. The van der Waals surface area contributed by atoms with Gasteiger partial charge in [-0.1, -0.05) is 31.2 Å². The molecule has 0 aromatic heterocycles. The maximum atomic E-state index is 12.1. The van der Waals surface area contributed by atoms with Crippen LogP contribution in [0.25, 0.3) is 0 Å². The molecule has 1 amide bonds. The standard InChI is InChI=1S/C20H25NO4/c1-5-15-6-8-16(9-7-15)14(2)21-20(22)13-25-19-11-17(23-3)10-18(12-19)24-4/h6-12,14H,5,13H2,1-4H3,(H,21,22)/t14-/m0/s1. The molecule has 2 aromatic rings. The predicted octanol–water partition coefficient (Wildman–Crippen LogP) is 3.52. The smallest absolute Gasteiger partial charge is 0.258 e. The van der Waals surface area contributed by atoms with Gasteiger partial charge in [0.05, 0.1) is 20.3 Å². The number of benzene rings is 2. The molecular weight excluding hydrogens is 318 g/mol. The van der Waals surface area contributed by atoms with Gasteiger partial charge in [-0.3, -0.25) is 4.79 Å². The van der Waals surface area contributed by atoms with Gasteiger partial charge >= 0.3 is 0 Å². The van der Waals surface area contributed by atoms with Gasteiger partial charge in [0.25, 0.3) is 5.91 Å². The highest BCUT2D eigenvalue weighted by molar-refractivity contribution is 5.78. The Bertz CT molecular complexity index is 675. The van der Waals surface area contributed by atoms with E-state index in [0.29, 0.717) is 17.2 Å². The highest BCUT2D eigenvalue weighted by Gasteiger charge is 2.11. The Kier molecular flexibility index (Phi) is 6.69. The van der Waals surface area contributed by atoms with Crippen LogP contribution in [0.4, 0.5) is 0 Å². The summed E-state index contributed by atoms with van der Waals surface area (Å²) in [5.41, 5.74) is 2.34. The van der Waals surface area contributed by atoms with Crippen LogP contribution in [0, 0.1) is 0 Å². The summed E-state index contributed by atoms with van der Waals surface area (Å²) in [6.07, 6.45) is 0.999. The van der Waals surface area contributed by atoms with Crippen molar-refractivity contribution in [3.63, 3.8) is 0 Å². The summed E-state index contributed by atoms with van der Waals surface area (Å²) in [7, 11) is 3.13. The van der Waals surface area contributed by atoms with E-state index in [-0.39, 0.29) is 18.6 Å². The van der Waals surface area contributed by atoms with E-state index in [0.717, 1.165) is 12.0 Å². The summed E-state index contributed by atoms with van der Waals surface area (Å²) in [5, 5.41) is 2.93. The van der Waals surface area contributed by atoms with Crippen molar-refractivity contribution in [1.29, 1.82) is 0 Å². The Balaban J connectivity index is 1.91. The summed E-state index contributed by atoms with van der Waals surface area (Å²) >= 11 is 0. The molecule has 0 aliphatic heterocycles. The lowest BCUT2D eigenvalue weighted by Gasteiger charge is -2.15. The molecule has 134 valence electrons. The quantitative estimate of drug-likeness (QED) is 0.797. The fourth-order valence-corrected chi connectivity index (χ4v) is 2.42. The first-order valence-electron chi connectivity index (χ1n) is 8.29. The zero-order valence-electron chi connectivity index (χ0n) is 15.2. The number of amides is 1. The van der Waals surface area contributed by atoms with Crippen LogP contribution in [0.2, 0.25) is 0 Å². The fourth-order valence-electron chi connectivity index (χ4n) is 2.42. The first-order chi connectivity index (χ1) is 12.0. The first kappa shape index (κ1) is 18.6. The Hall–Kier alpha value is -2.69. The molecule has 0 aliphatic rings. The van der Waals surface area contributed by atoms with E-state index in [9.17, 15) is 4.79 Å². The monoisotopic (exact) mass is 343 g/mol. The normalized spacial score (nSPS) is 11.5. The lowest BCUT2D eigenvalue weighted by atomic mass is 10.1. The molecule has 0 radical (unpaired) electrons. The van der Waals surface area contributed by atoms with Gasteiger partial charge < -0.3 is 19.5 Å². The van der Waals surface area contributed by atoms with Gasteiger partial charge in [-0.2, -0.15) is 0 Å². The molecule has 0 aliphatic carbocycles. The van der Waals surface area contributed by atoms with Crippen molar-refractivity contribution >= 4 is 5.91 Å². The number of nitrogens with one attached hydrogen (secondary N) is 1. The fraction of sp³-hybridized carbons (Fsp3) is 0.350. The molecule has 0 spiro atoms. The van der Waals surface area contributed by atoms with E-state index in [4.69, 9.17) is 14.2 Å². The predicted molar refractivity (Wildman–Crippen MR) is 97.4 cm³/mol. The molecule has 0 heterocycles. The zero-order valence-corrected chi connectivity index (χ0v) is 15.2. The topological polar surface area (TPSA) is 56.8 Å². The van der Waals surface area contributed by atoms with E-state index in [1.165, 1.54) is 5.56 Å². The molecule has 5 nitrogen and oxygen atoms in total. The lowest BCUT2D eigenvalue weighted by Crippen LogP contribution is -2.31. The summed E-state index contributed by atoms with van der Waals surface area (Å²) in [6, 6.07) is 13.3. The maximum Gasteiger partial charge on any atom is 0.258 e. The number of rotatable bonds is 8. The Morgan fingerprint density at radius 3 is 2.08 bits per heavy atom. The number of methoxy groups -OCH3 is 2. The minimum atomic E-state index is -0.186. The van der Waals surface area contributed by atoms with Gasteiger partial charge in [-0.15, -0.1) is 0 Å². The summed E-state index contributed by atoms with van der Waals surface area (Å²) in [5.74, 6) is 1.55. The van der Waals surface area contributed by atoms with Crippen LogP contribution in [0.3, 0.4) is 0 Å². The van der Waals surface area contributed by atoms with E-state index >= 15 is 0 Å². The van der Waals surface area contributed by atoms with Crippen LogP contribution in [-0.2, 0) is 11.2 Å². The van der Waals surface area contributed by atoms with Gasteiger partial charge in [0.1, 0.15) is 17.2 Å². The molecule has 0 bridgehead atoms. The van der Waals surface area contributed by atoms with Crippen LogP contribution in [0.1, 0.15) is 31.0 Å². The zero-order chi connectivity index (χ0) is 18.2. The Morgan fingerprint density at radius 2 is 1.56 bits per heavy atom. The number of carbonyl (C=O) groups excluding carboxylic acids is 1. The molecule has 1 atom stereocenters. The van der Waals surface area contributed by atoms with E-state index < -0.39 is 0 Å². The van der Waals surface area contributed by atoms with Gasteiger partial charge in [-0.05, 0) is 24.5 Å². The van der Waals surface area contributed by atoms with Gasteiger partial charge in [0.15, 0.2) is 6.61 Å². The van der Waals surface area contributed by atoms with Crippen LogP contribution in [0.5, 0.6) is 17.2 Å². The van der Waals surface area contributed by atoms with Crippen molar-refractivity contribution in [3.05, 3.63) is 53.6 Å². The summed E-state index contributed by atoms with van der Waals surface area (Å²) < 4.78 is 15.9. The van der Waals surface area contributed by atoms with E-state index in [1.54, 1.807) is 32.4 Å². The minimum absolute atomic E-state index is 0.0757. The second kappa shape index (κ2) is 8.97. The number of ether oxygens (including phenoxy) is 3. The van der Waals surface area contributed by atoms with Crippen LogP contribution in [-0.4, -0.2) is 26.7 Å². The Labute approximate surface area is 148 Å². The molecule has 0 unspecified atom stereocenters. The van der Waals surface area contributed by atoms with Gasteiger partial charge in [0.2, 0.25) is 0 Å². The Morgan fingerprint density at radius 1 is 1.00 bits per heavy atom. The van der Waals surface area contributed by atoms with E-state index in [1.807, 2.05) is 19.1 Å². The number of hydrogen-bond acceptors (Lipinski definition) is 4. The summed E-state index contributed by atoms with van der Waals surface area (Å²) in [6.45, 7) is 3.99. The maximum absolute atomic E-state index is 12.1. The van der Waals surface area contributed by atoms with Crippen molar-refractivity contribution in [2.75, 3.05) is 20.8 Å². The van der Waals surface area contributed by atoms with Gasteiger partial charge in [0, 0.05) is 18.2 Å². The largest absolute Gasteiger partial charge is 0.496 e.